The van der Waals surface area contributed by atoms with Gasteiger partial charge in [-0.15, -0.1) is 0 Å². The van der Waals surface area contributed by atoms with E-state index in [1.807, 2.05) is 0 Å². The fourth-order valence-corrected chi connectivity index (χ4v) is 1.16. The highest BCUT2D eigenvalue weighted by atomic mass is 19.2. The molecule has 1 aromatic carbocycles. The summed E-state index contributed by atoms with van der Waals surface area (Å²) < 4.78 is 30.7. The van der Waals surface area contributed by atoms with Crippen LogP contribution in [0.5, 0.6) is 5.75 Å². The quantitative estimate of drug-likeness (QED) is 0.686. The van der Waals surface area contributed by atoms with E-state index in [0.717, 1.165) is 6.07 Å². The van der Waals surface area contributed by atoms with Crippen molar-refractivity contribution in [2.45, 2.75) is 6.92 Å². The van der Waals surface area contributed by atoms with E-state index in [-0.39, 0.29) is 5.56 Å². The van der Waals surface area contributed by atoms with Crippen molar-refractivity contribution in [2.75, 3.05) is 7.11 Å². The first-order chi connectivity index (χ1) is 6.11. The van der Waals surface area contributed by atoms with Crippen LogP contribution in [0.25, 0.3) is 6.08 Å². The lowest BCUT2D eigenvalue weighted by molar-refractivity contribution is 0.404. The third-order valence-corrected chi connectivity index (χ3v) is 1.89. The monoisotopic (exact) mass is 184 g/mol. The van der Waals surface area contributed by atoms with Crippen molar-refractivity contribution in [2.24, 2.45) is 0 Å². The molecule has 0 heterocycles. The van der Waals surface area contributed by atoms with Gasteiger partial charge in [0, 0.05) is 11.6 Å². The summed E-state index contributed by atoms with van der Waals surface area (Å²) in [6.45, 7) is 4.99. The van der Waals surface area contributed by atoms with Crippen LogP contribution in [0, 0.1) is 18.6 Å². The second-order valence-corrected chi connectivity index (χ2v) is 2.62. The summed E-state index contributed by atoms with van der Waals surface area (Å²) in [6.07, 6.45) is 1.44. The molecule has 0 aliphatic heterocycles. The summed E-state index contributed by atoms with van der Waals surface area (Å²) in [5.74, 6) is -1.46. The first-order valence-electron chi connectivity index (χ1n) is 3.76. The summed E-state index contributed by atoms with van der Waals surface area (Å²) >= 11 is 0. The Morgan fingerprint density at radius 3 is 2.54 bits per heavy atom. The van der Waals surface area contributed by atoms with Gasteiger partial charge in [-0.3, -0.25) is 0 Å². The van der Waals surface area contributed by atoms with E-state index in [1.165, 1.54) is 20.1 Å². The van der Waals surface area contributed by atoms with Crippen LogP contribution in [0.15, 0.2) is 12.6 Å². The van der Waals surface area contributed by atoms with Crippen LogP contribution < -0.4 is 4.74 Å². The van der Waals surface area contributed by atoms with Crippen molar-refractivity contribution < 1.29 is 13.5 Å². The van der Waals surface area contributed by atoms with Crippen LogP contribution in [0.4, 0.5) is 8.78 Å². The Hall–Kier alpha value is -1.38. The van der Waals surface area contributed by atoms with Gasteiger partial charge in [0.1, 0.15) is 5.75 Å². The van der Waals surface area contributed by atoms with E-state index >= 15 is 0 Å². The molecule has 0 aromatic heterocycles. The fraction of sp³-hybridized carbons (Fsp3) is 0.200. The number of rotatable bonds is 2. The fourth-order valence-electron chi connectivity index (χ4n) is 1.16. The Bertz CT molecular complexity index is 345. The number of hydrogen-bond donors (Lipinski definition) is 0. The molecule has 0 aliphatic rings. The molecule has 0 radical (unpaired) electrons. The highest BCUT2D eigenvalue weighted by Crippen LogP contribution is 2.27. The molecule has 0 saturated carbocycles. The molecule has 1 nitrogen and oxygen atoms in total. The lowest BCUT2D eigenvalue weighted by Gasteiger charge is -2.09. The van der Waals surface area contributed by atoms with Gasteiger partial charge in [0.15, 0.2) is 11.6 Å². The summed E-state index contributed by atoms with van der Waals surface area (Å²) in [4.78, 5) is 0. The highest BCUT2D eigenvalue weighted by molar-refractivity contribution is 5.60. The molecule has 0 unspecified atom stereocenters. The summed E-state index contributed by atoms with van der Waals surface area (Å²) in [5, 5.41) is 0. The Morgan fingerprint density at radius 2 is 2.08 bits per heavy atom. The van der Waals surface area contributed by atoms with Gasteiger partial charge in [0.2, 0.25) is 0 Å². The molecule has 0 fully saturated rings. The molecule has 1 aromatic rings. The third kappa shape index (κ3) is 1.54. The molecule has 0 N–H and O–H groups in total. The summed E-state index contributed by atoms with van der Waals surface area (Å²) in [5.41, 5.74) is 0.702. The zero-order chi connectivity index (χ0) is 10.0. The van der Waals surface area contributed by atoms with E-state index in [2.05, 4.69) is 6.58 Å². The number of halogens is 2. The van der Waals surface area contributed by atoms with Crippen LogP contribution >= 0.6 is 0 Å². The molecule has 1 rings (SSSR count). The summed E-state index contributed by atoms with van der Waals surface area (Å²) in [7, 11) is 1.40. The number of ether oxygens (including phenoxy) is 1. The van der Waals surface area contributed by atoms with Gasteiger partial charge in [-0.2, -0.15) is 0 Å². The molecule has 13 heavy (non-hydrogen) atoms. The van der Waals surface area contributed by atoms with E-state index in [1.54, 1.807) is 0 Å². The second kappa shape index (κ2) is 3.56. The number of benzene rings is 1. The zero-order valence-corrected chi connectivity index (χ0v) is 7.53. The normalized spacial score (nSPS) is 9.85. The average molecular weight is 184 g/mol. The predicted octanol–water partition coefficient (Wildman–Crippen LogP) is 2.92. The number of hydrogen-bond acceptors (Lipinski definition) is 1. The molecule has 0 saturated heterocycles. The van der Waals surface area contributed by atoms with Crippen LogP contribution in [-0.4, -0.2) is 7.11 Å². The lowest BCUT2D eigenvalue weighted by atomic mass is 10.1. The minimum absolute atomic E-state index is 0.215. The van der Waals surface area contributed by atoms with Crippen molar-refractivity contribution in [1.29, 1.82) is 0 Å². The number of methoxy groups -OCH3 is 1. The van der Waals surface area contributed by atoms with E-state index in [4.69, 9.17) is 4.74 Å². The SMILES string of the molecule is C=Cc1c(OC)cc(F)c(F)c1C. The topological polar surface area (TPSA) is 9.23 Å². The Kier molecular flexibility index (Phi) is 2.66. The van der Waals surface area contributed by atoms with Gasteiger partial charge in [-0.25, -0.2) is 8.78 Å². The lowest BCUT2D eigenvalue weighted by Crippen LogP contribution is -1.97. The zero-order valence-electron chi connectivity index (χ0n) is 7.53. The van der Waals surface area contributed by atoms with Crippen LogP contribution in [0.3, 0.4) is 0 Å². The summed E-state index contributed by atoms with van der Waals surface area (Å²) in [6, 6.07) is 1.01. The molecule has 70 valence electrons. The van der Waals surface area contributed by atoms with Gasteiger partial charge in [-0.05, 0) is 12.5 Å². The van der Waals surface area contributed by atoms with Crippen molar-refractivity contribution in [3.8, 4) is 5.75 Å². The molecular formula is C10H10F2O. The standard InChI is InChI=1S/C10H10F2O/c1-4-7-6(2)10(12)8(11)5-9(7)13-3/h4-5H,1H2,2-3H3. The van der Waals surface area contributed by atoms with Gasteiger partial charge < -0.3 is 4.74 Å². The van der Waals surface area contributed by atoms with E-state index < -0.39 is 11.6 Å². The molecule has 0 aliphatic carbocycles. The van der Waals surface area contributed by atoms with Crippen LogP contribution in [-0.2, 0) is 0 Å². The third-order valence-electron chi connectivity index (χ3n) is 1.89. The largest absolute Gasteiger partial charge is 0.496 e. The van der Waals surface area contributed by atoms with Crippen molar-refractivity contribution in [3.63, 3.8) is 0 Å². The van der Waals surface area contributed by atoms with Crippen LogP contribution in [0.1, 0.15) is 11.1 Å². The van der Waals surface area contributed by atoms with Crippen LogP contribution in [0.2, 0.25) is 0 Å². The first kappa shape index (κ1) is 9.71. The van der Waals surface area contributed by atoms with Gasteiger partial charge >= 0.3 is 0 Å². The molecule has 0 bridgehead atoms. The van der Waals surface area contributed by atoms with Crippen molar-refractivity contribution in [3.05, 3.63) is 35.4 Å². The van der Waals surface area contributed by atoms with E-state index in [9.17, 15) is 8.78 Å². The Labute approximate surface area is 75.6 Å². The van der Waals surface area contributed by atoms with E-state index in [0.29, 0.717) is 11.3 Å². The molecular weight excluding hydrogens is 174 g/mol. The Morgan fingerprint density at radius 1 is 1.46 bits per heavy atom. The minimum Gasteiger partial charge on any atom is -0.496 e. The van der Waals surface area contributed by atoms with Crippen molar-refractivity contribution >= 4 is 6.08 Å². The first-order valence-corrected chi connectivity index (χ1v) is 3.76. The molecule has 0 spiro atoms. The maximum absolute atomic E-state index is 13.0. The van der Waals surface area contributed by atoms with Gasteiger partial charge in [-0.1, -0.05) is 12.7 Å². The molecule has 0 amide bonds. The average Bonchev–Trinajstić information content (AvgIpc) is 2.13. The maximum Gasteiger partial charge on any atom is 0.162 e. The maximum atomic E-state index is 13.0. The minimum atomic E-state index is -0.903. The molecule has 0 atom stereocenters. The highest BCUT2D eigenvalue weighted by Gasteiger charge is 2.13. The Balaban J connectivity index is 3.47. The van der Waals surface area contributed by atoms with Crippen molar-refractivity contribution in [1.82, 2.24) is 0 Å². The molecule has 3 heteroatoms. The smallest absolute Gasteiger partial charge is 0.162 e. The van der Waals surface area contributed by atoms with Gasteiger partial charge in [0.25, 0.3) is 0 Å². The predicted molar refractivity (Wildman–Crippen MR) is 47.7 cm³/mol. The van der Waals surface area contributed by atoms with Gasteiger partial charge in [0.05, 0.1) is 7.11 Å². The second-order valence-electron chi connectivity index (χ2n) is 2.62.